The number of sulfonamides is 1. The second-order valence-electron chi connectivity index (χ2n) is 4.87. The van der Waals surface area contributed by atoms with E-state index < -0.39 is 10.0 Å². The highest BCUT2D eigenvalue weighted by molar-refractivity contribution is 7.99. The molecule has 0 amide bonds. The van der Waals surface area contributed by atoms with Crippen LogP contribution in [-0.4, -0.2) is 33.1 Å². The number of hydrogen-bond donors (Lipinski definition) is 2. The molecule has 0 aromatic heterocycles. The van der Waals surface area contributed by atoms with Crippen LogP contribution in [0.5, 0.6) is 5.75 Å². The summed E-state index contributed by atoms with van der Waals surface area (Å²) in [4.78, 5) is 0.0862. The highest BCUT2D eigenvalue weighted by atomic mass is 32.2. The predicted molar refractivity (Wildman–Crippen MR) is 89.5 cm³/mol. The number of nitrogens with two attached hydrogens (primary N) is 1. The van der Waals surface area contributed by atoms with Gasteiger partial charge >= 0.3 is 0 Å². The van der Waals surface area contributed by atoms with Crippen molar-refractivity contribution in [3.63, 3.8) is 0 Å². The molecule has 0 radical (unpaired) electrons. The molecule has 1 atom stereocenters. The molecule has 0 bridgehead atoms. The minimum Gasteiger partial charge on any atom is -0.495 e. The summed E-state index contributed by atoms with van der Waals surface area (Å²) in [5, 5.41) is 0. The lowest BCUT2D eigenvalue weighted by Gasteiger charge is -2.16. The highest BCUT2D eigenvalue weighted by Crippen LogP contribution is 2.29. The summed E-state index contributed by atoms with van der Waals surface area (Å²) in [6.45, 7) is 5.75. The number of methoxy groups -OCH3 is 1. The second kappa shape index (κ2) is 7.91. The van der Waals surface area contributed by atoms with Crippen LogP contribution < -0.4 is 15.2 Å². The predicted octanol–water partition coefficient (Wildman–Crippen LogP) is 2.40. The first-order valence-electron chi connectivity index (χ1n) is 6.86. The first-order valence-corrected chi connectivity index (χ1v) is 9.49. The fraction of sp³-hybridized carbons (Fsp3) is 0.571. The molecule has 1 aromatic rings. The minimum absolute atomic E-state index is 0.0862. The summed E-state index contributed by atoms with van der Waals surface area (Å²) in [6, 6.07) is 2.95. The maximum atomic E-state index is 12.5. The number of anilines is 1. The maximum absolute atomic E-state index is 12.5. The largest absolute Gasteiger partial charge is 0.495 e. The van der Waals surface area contributed by atoms with E-state index in [1.54, 1.807) is 17.8 Å². The quantitative estimate of drug-likeness (QED) is 0.564. The molecule has 1 aromatic carbocycles. The molecule has 7 heteroatoms. The highest BCUT2D eigenvalue weighted by Gasteiger charge is 2.22. The molecular formula is C14H24N2O3S2. The summed E-state index contributed by atoms with van der Waals surface area (Å²) in [5.74, 6) is 2.26. The number of nitrogens with one attached hydrogen (secondary N) is 1. The Bertz CT molecular complexity index is 574. The number of thioether (sulfide) groups is 1. The fourth-order valence-corrected chi connectivity index (χ4v) is 4.11. The molecule has 1 unspecified atom stereocenters. The van der Waals surface area contributed by atoms with Crippen LogP contribution in [-0.2, 0) is 10.0 Å². The van der Waals surface area contributed by atoms with Gasteiger partial charge < -0.3 is 10.5 Å². The van der Waals surface area contributed by atoms with Crippen molar-refractivity contribution in [2.45, 2.75) is 38.1 Å². The number of ether oxygens (including phenoxy) is 1. The zero-order valence-electron chi connectivity index (χ0n) is 13.0. The third-order valence-corrected chi connectivity index (χ3v) is 5.64. The van der Waals surface area contributed by atoms with Crippen molar-refractivity contribution in [3.8, 4) is 5.75 Å². The van der Waals surface area contributed by atoms with Gasteiger partial charge in [0, 0.05) is 11.7 Å². The van der Waals surface area contributed by atoms with Crippen LogP contribution in [0.25, 0.3) is 0 Å². The molecule has 3 N–H and O–H groups in total. The summed E-state index contributed by atoms with van der Waals surface area (Å²) < 4.78 is 32.8. The standard InChI is InChI=1S/C14H24N2O3S2/c1-5-20-7-6-11(3)16-21(17,18)14-9-12(15)10(2)8-13(14)19-4/h8-9,11,16H,5-7,15H2,1-4H3. The molecule has 0 saturated carbocycles. The van der Waals surface area contributed by atoms with E-state index in [2.05, 4.69) is 11.6 Å². The van der Waals surface area contributed by atoms with Crippen LogP contribution in [0.3, 0.4) is 0 Å². The van der Waals surface area contributed by atoms with Gasteiger partial charge in [-0.15, -0.1) is 0 Å². The topological polar surface area (TPSA) is 81.4 Å². The van der Waals surface area contributed by atoms with Gasteiger partial charge in [0.15, 0.2) is 0 Å². The molecule has 1 rings (SSSR count). The molecular weight excluding hydrogens is 308 g/mol. The number of rotatable bonds is 8. The van der Waals surface area contributed by atoms with Crippen molar-refractivity contribution < 1.29 is 13.2 Å². The molecule has 0 aliphatic carbocycles. The monoisotopic (exact) mass is 332 g/mol. The lowest BCUT2D eigenvalue weighted by atomic mass is 10.2. The number of hydrogen-bond acceptors (Lipinski definition) is 5. The third kappa shape index (κ3) is 5.09. The van der Waals surface area contributed by atoms with E-state index in [0.717, 1.165) is 23.5 Å². The number of aryl methyl sites for hydroxylation is 1. The van der Waals surface area contributed by atoms with E-state index in [0.29, 0.717) is 11.4 Å². The molecule has 21 heavy (non-hydrogen) atoms. The van der Waals surface area contributed by atoms with Crippen LogP contribution >= 0.6 is 11.8 Å². The van der Waals surface area contributed by atoms with Gasteiger partial charge in [-0.3, -0.25) is 0 Å². The van der Waals surface area contributed by atoms with E-state index >= 15 is 0 Å². The lowest BCUT2D eigenvalue weighted by Crippen LogP contribution is -2.33. The van der Waals surface area contributed by atoms with Crippen molar-refractivity contribution in [1.29, 1.82) is 0 Å². The van der Waals surface area contributed by atoms with E-state index in [1.807, 2.05) is 13.8 Å². The average Bonchev–Trinajstić information content (AvgIpc) is 2.41. The Morgan fingerprint density at radius 1 is 1.43 bits per heavy atom. The first-order chi connectivity index (χ1) is 9.81. The minimum atomic E-state index is -3.64. The van der Waals surface area contributed by atoms with Gasteiger partial charge in [0.2, 0.25) is 10.0 Å². The van der Waals surface area contributed by atoms with Crippen LogP contribution in [0, 0.1) is 6.92 Å². The van der Waals surface area contributed by atoms with Crippen molar-refractivity contribution >= 4 is 27.5 Å². The molecule has 5 nitrogen and oxygen atoms in total. The van der Waals surface area contributed by atoms with Crippen LogP contribution in [0.4, 0.5) is 5.69 Å². The Labute approximate surface area is 131 Å². The number of benzene rings is 1. The van der Waals surface area contributed by atoms with Crippen molar-refractivity contribution in [2.24, 2.45) is 0 Å². The SMILES string of the molecule is CCSCCC(C)NS(=O)(=O)c1cc(N)c(C)cc1OC. The van der Waals surface area contributed by atoms with Gasteiger partial charge in [-0.05, 0) is 49.5 Å². The van der Waals surface area contributed by atoms with Crippen molar-refractivity contribution in [1.82, 2.24) is 4.72 Å². The van der Waals surface area contributed by atoms with Crippen molar-refractivity contribution in [3.05, 3.63) is 17.7 Å². The second-order valence-corrected chi connectivity index (χ2v) is 7.94. The normalized spacial score (nSPS) is 13.1. The van der Waals surface area contributed by atoms with E-state index in [4.69, 9.17) is 10.5 Å². The Balaban J connectivity index is 2.95. The average molecular weight is 332 g/mol. The van der Waals surface area contributed by atoms with E-state index in [9.17, 15) is 8.42 Å². The molecule has 0 aliphatic rings. The first kappa shape index (κ1) is 18.1. The molecule has 0 aliphatic heterocycles. The molecule has 0 fully saturated rings. The van der Waals surface area contributed by atoms with Crippen LogP contribution in [0.15, 0.2) is 17.0 Å². The Hall–Kier alpha value is -0.920. The van der Waals surface area contributed by atoms with Gasteiger partial charge in [0.1, 0.15) is 10.6 Å². The third-order valence-electron chi connectivity index (χ3n) is 3.10. The van der Waals surface area contributed by atoms with Crippen LogP contribution in [0.2, 0.25) is 0 Å². The molecule has 0 saturated heterocycles. The lowest BCUT2D eigenvalue weighted by molar-refractivity contribution is 0.402. The van der Waals surface area contributed by atoms with Gasteiger partial charge in [0.05, 0.1) is 7.11 Å². The maximum Gasteiger partial charge on any atom is 0.244 e. The van der Waals surface area contributed by atoms with E-state index in [1.165, 1.54) is 13.2 Å². The Morgan fingerprint density at radius 2 is 2.10 bits per heavy atom. The molecule has 0 spiro atoms. The van der Waals surface area contributed by atoms with Gasteiger partial charge in [0.25, 0.3) is 0 Å². The zero-order chi connectivity index (χ0) is 16.0. The summed E-state index contributed by atoms with van der Waals surface area (Å²) in [7, 11) is -2.19. The van der Waals surface area contributed by atoms with Gasteiger partial charge in [-0.25, -0.2) is 13.1 Å². The molecule has 0 heterocycles. The Morgan fingerprint density at radius 3 is 2.67 bits per heavy atom. The van der Waals surface area contributed by atoms with Crippen LogP contribution in [0.1, 0.15) is 25.8 Å². The Kier molecular flexibility index (Phi) is 6.83. The molecule has 120 valence electrons. The zero-order valence-corrected chi connectivity index (χ0v) is 14.6. The van der Waals surface area contributed by atoms with Gasteiger partial charge in [-0.2, -0.15) is 11.8 Å². The van der Waals surface area contributed by atoms with Crippen molar-refractivity contribution in [2.75, 3.05) is 24.3 Å². The summed E-state index contributed by atoms with van der Waals surface area (Å²) >= 11 is 1.79. The number of nitrogen functional groups attached to an aromatic ring is 1. The summed E-state index contributed by atoms with van der Waals surface area (Å²) in [5.41, 5.74) is 7.04. The van der Waals surface area contributed by atoms with Gasteiger partial charge in [-0.1, -0.05) is 6.92 Å². The summed E-state index contributed by atoms with van der Waals surface area (Å²) in [6.07, 6.45) is 0.779. The smallest absolute Gasteiger partial charge is 0.244 e. The van der Waals surface area contributed by atoms with E-state index in [-0.39, 0.29) is 10.9 Å². The fourth-order valence-electron chi connectivity index (χ4n) is 1.84.